The smallest absolute Gasteiger partial charge is 0.315 e. The zero-order valence-corrected chi connectivity index (χ0v) is 10.1. The predicted octanol–water partition coefficient (Wildman–Crippen LogP) is 1.15. The largest absolute Gasteiger partial charge is 0.393 e. The summed E-state index contributed by atoms with van der Waals surface area (Å²) in [7, 11) is 0. The lowest BCUT2D eigenvalue weighted by molar-refractivity contribution is 0.226. The number of amides is 2. The quantitative estimate of drug-likeness (QED) is 0.634. The maximum Gasteiger partial charge on any atom is 0.315 e. The van der Waals surface area contributed by atoms with Crippen molar-refractivity contribution in [3.8, 4) is 0 Å². The van der Waals surface area contributed by atoms with Crippen LogP contribution in [0.5, 0.6) is 0 Å². The van der Waals surface area contributed by atoms with E-state index in [1.807, 2.05) is 13.8 Å². The monoisotopic (exact) mass is 229 g/mol. The molecular formula is C10H19N3OS. The molecule has 0 aromatic heterocycles. The van der Waals surface area contributed by atoms with Crippen LogP contribution in [-0.2, 0) is 0 Å². The van der Waals surface area contributed by atoms with Crippen LogP contribution in [-0.4, -0.2) is 23.6 Å². The van der Waals surface area contributed by atoms with E-state index in [4.69, 9.17) is 18.0 Å². The van der Waals surface area contributed by atoms with Gasteiger partial charge in [0.25, 0.3) is 0 Å². The lowest BCUT2D eigenvalue weighted by Crippen LogP contribution is -2.49. The lowest BCUT2D eigenvalue weighted by atomic mass is 9.93. The molecule has 2 amide bonds. The molecule has 0 spiro atoms. The van der Waals surface area contributed by atoms with E-state index in [0.717, 1.165) is 12.8 Å². The fourth-order valence-electron chi connectivity index (χ4n) is 1.18. The summed E-state index contributed by atoms with van der Waals surface area (Å²) in [6.07, 6.45) is 3.39. The van der Waals surface area contributed by atoms with Gasteiger partial charge in [-0.05, 0) is 19.3 Å². The minimum Gasteiger partial charge on any atom is -0.393 e. The second-order valence-corrected chi connectivity index (χ2v) is 5.14. The molecule has 1 fully saturated rings. The molecule has 0 aliphatic heterocycles. The Labute approximate surface area is 96.0 Å². The van der Waals surface area contributed by atoms with Crippen LogP contribution in [0.4, 0.5) is 4.79 Å². The van der Waals surface area contributed by atoms with E-state index in [0.29, 0.717) is 17.6 Å². The minimum absolute atomic E-state index is 0.121. The normalized spacial score (nSPS) is 16.7. The molecule has 0 aromatic rings. The van der Waals surface area contributed by atoms with Crippen molar-refractivity contribution in [1.29, 1.82) is 0 Å². The summed E-state index contributed by atoms with van der Waals surface area (Å²) in [6.45, 7) is 4.30. The highest BCUT2D eigenvalue weighted by Gasteiger charge is 2.23. The van der Waals surface area contributed by atoms with Crippen LogP contribution in [0, 0.1) is 5.41 Å². The van der Waals surface area contributed by atoms with E-state index in [1.54, 1.807) is 0 Å². The standard InChI is InChI=1S/C10H19N3OS/c1-10(2,8(11)15)6-12-9(14)13-7-4-3-5-7/h7H,3-6H2,1-2H3,(H2,11,15)(H2,12,13,14). The topological polar surface area (TPSA) is 67.2 Å². The van der Waals surface area contributed by atoms with Gasteiger partial charge >= 0.3 is 6.03 Å². The van der Waals surface area contributed by atoms with E-state index >= 15 is 0 Å². The summed E-state index contributed by atoms with van der Waals surface area (Å²) in [6, 6.07) is 0.238. The number of hydrogen-bond donors (Lipinski definition) is 3. The Hall–Kier alpha value is -0.840. The third-order valence-corrected chi connectivity index (χ3v) is 3.35. The van der Waals surface area contributed by atoms with Crippen LogP contribution < -0.4 is 16.4 Å². The summed E-state index contributed by atoms with van der Waals surface area (Å²) in [4.78, 5) is 11.8. The molecule has 0 bridgehead atoms. The van der Waals surface area contributed by atoms with Gasteiger partial charge in [0.2, 0.25) is 0 Å². The van der Waals surface area contributed by atoms with E-state index in [1.165, 1.54) is 6.42 Å². The average molecular weight is 229 g/mol. The van der Waals surface area contributed by atoms with Gasteiger partial charge in [-0.1, -0.05) is 26.1 Å². The van der Waals surface area contributed by atoms with Crippen LogP contribution in [0.1, 0.15) is 33.1 Å². The van der Waals surface area contributed by atoms with Crippen molar-refractivity contribution in [2.24, 2.45) is 11.1 Å². The fraction of sp³-hybridized carbons (Fsp3) is 0.800. The van der Waals surface area contributed by atoms with Gasteiger partial charge in [0, 0.05) is 18.0 Å². The number of carbonyl (C=O) groups excluding carboxylic acids is 1. The Balaban J connectivity index is 2.23. The number of carbonyl (C=O) groups is 1. The Kier molecular flexibility index (Phi) is 3.90. The highest BCUT2D eigenvalue weighted by Crippen LogP contribution is 2.18. The molecule has 1 rings (SSSR count). The Morgan fingerprint density at radius 3 is 2.53 bits per heavy atom. The molecule has 0 unspecified atom stereocenters. The first kappa shape index (κ1) is 12.2. The molecular weight excluding hydrogens is 210 g/mol. The number of urea groups is 1. The molecule has 5 heteroatoms. The van der Waals surface area contributed by atoms with Gasteiger partial charge in [0.05, 0.1) is 4.99 Å². The summed E-state index contributed by atoms with van der Waals surface area (Å²) >= 11 is 4.91. The number of thiocarbonyl (C=S) groups is 1. The van der Waals surface area contributed by atoms with E-state index < -0.39 is 0 Å². The molecule has 1 saturated carbocycles. The van der Waals surface area contributed by atoms with Crippen molar-refractivity contribution in [3.63, 3.8) is 0 Å². The van der Waals surface area contributed by atoms with Gasteiger partial charge in [-0.25, -0.2) is 4.79 Å². The van der Waals surface area contributed by atoms with Crippen LogP contribution in [0.15, 0.2) is 0 Å². The highest BCUT2D eigenvalue weighted by atomic mass is 32.1. The van der Waals surface area contributed by atoms with Crippen molar-refractivity contribution in [2.75, 3.05) is 6.54 Å². The number of rotatable bonds is 4. The molecule has 86 valence electrons. The number of nitrogens with two attached hydrogens (primary N) is 1. The maximum absolute atomic E-state index is 11.4. The summed E-state index contributed by atoms with van der Waals surface area (Å²) in [5.41, 5.74) is 5.23. The van der Waals surface area contributed by atoms with Crippen molar-refractivity contribution >= 4 is 23.2 Å². The number of hydrogen-bond acceptors (Lipinski definition) is 2. The molecule has 1 aliphatic rings. The van der Waals surface area contributed by atoms with Crippen LogP contribution >= 0.6 is 12.2 Å². The Morgan fingerprint density at radius 1 is 1.53 bits per heavy atom. The molecule has 0 heterocycles. The van der Waals surface area contributed by atoms with Gasteiger partial charge in [-0.15, -0.1) is 0 Å². The molecule has 15 heavy (non-hydrogen) atoms. The molecule has 1 aliphatic carbocycles. The van der Waals surface area contributed by atoms with Crippen molar-refractivity contribution in [3.05, 3.63) is 0 Å². The zero-order valence-electron chi connectivity index (χ0n) is 9.30. The molecule has 0 radical (unpaired) electrons. The summed E-state index contributed by atoms with van der Waals surface area (Å²) < 4.78 is 0. The van der Waals surface area contributed by atoms with Gasteiger partial charge in [-0.2, -0.15) is 0 Å². The predicted molar refractivity (Wildman–Crippen MR) is 64.7 cm³/mol. The zero-order chi connectivity index (χ0) is 11.5. The molecule has 0 aromatic carbocycles. The third kappa shape index (κ3) is 3.66. The first-order valence-electron chi connectivity index (χ1n) is 5.26. The average Bonchev–Trinajstić information content (AvgIpc) is 2.08. The summed E-state index contributed by atoms with van der Waals surface area (Å²) in [5.74, 6) is 0. The lowest BCUT2D eigenvalue weighted by Gasteiger charge is -2.28. The SMILES string of the molecule is CC(C)(CNC(=O)NC1CCC1)C(N)=S. The van der Waals surface area contributed by atoms with Gasteiger partial charge in [0.15, 0.2) is 0 Å². The first-order chi connectivity index (χ1) is 6.92. The molecule has 0 saturated heterocycles. The fourth-order valence-corrected chi connectivity index (χ4v) is 1.25. The van der Waals surface area contributed by atoms with Gasteiger partial charge in [0.1, 0.15) is 0 Å². The van der Waals surface area contributed by atoms with Crippen LogP contribution in [0.3, 0.4) is 0 Å². The van der Waals surface area contributed by atoms with E-state index in [2.05, 4.69) is 10.6 Å². The van der Waals surface area contributed by atoms with Crippen molar-refractivity contribution in [1.82, 2.24) is 10.6 Å². The van der Waals surface area contributed by atoms with E-state index in [9.17, 15) is 4.79 Å². The third-order valence-electron chi connectivity index (χ3n) is 2.80. The number of nitrogens with one attached hydrogen (secondary N) is 2. The highest BCUT2D eigenvalue weighted by molar-refractivity contribution is 7.80. The minimum atomic E-state index is -0.327. The van der Waals surface area contributed by atoms with E-state index in [-0.39, 0.29) is 11.4 Å². The molecule has 4 N–H and O–H groups in total. The van der Waals surface area contributed by atoms with Crippen LogP contribution in [0.25, 0.3) is 0 Å². The maximum atomic E-state index is 11.4. The molecule has 0 atom stereocenters. The van der Waals surface area contributed by atoms with Gasteiger partial charge in [-0.3, -0.25) is 0 Å². The van der Waals surface area contributed by atoms with Crippen LogP contribution in [0.2, 0.25) is 0 Å². The second kappa shape index (κ2) is 4.79. The Morgan fingerprint density at radius 2 is 2.13 bits per heavy atom. The van der Waals surface area contributed by atoms with Crippen molar-refractivity contribution in [2.45, 2.75) is 39.2 Å². The summed E-state index contributed by atoms with van der Waals surface area (Å²) in [5, 5.41) is 5.68. The second-order valence-electron chi connectivity index (χ2n) is 4.70. The molecule has 4 nitrogen and oxygen atoms in total. The van der Waals surface area contributed by atoms with Crippen molar-refractivity contribution < 1.29 is 4.79 Å². The first-order valence-corrected chi connectivity index (χ1v) is 5.67. The van der Waals surface area contributed by atoms with Gasteiger partial charge < -0.3 is 16.4 Å². The Bertz CT molecular complexity index is 261.